The van der Waals surface area contributed by atoms with Crippen molar-refractivity contribution in [3.63, 3.8) is 0 Å². The molecule has 0 aliphatic carbocycles. The maximum absolute atomic E-state index is 6.25. The number of nitrogens with zero attached hydrogens (tertiary/aromatic N) is 5. The van der Waals surface area contributed by atoms with Crippen molar-refractivity contribution in [2.75, 3.05) is 54.5 Å². The molecule has 7 nitrogen and oxygen atoms in total. The van der Waals surface area contributed by atoms with Gasteiger partial charge in [0.1, 0.15) is 11.6 Å². The predicted octanol–water partition coefficient (Wildman–Crippen LogP) is 2.05. The minimum Gasteiger partial charge on any atom is -0.378 e. The number of morpholine rings is 1. The molecule has 1 N–H and O–H groups in total. The zero-order valence-corrected chi connectivity index (χ0v) is 14.7. The standard InChI is InChI=1S/C17H21ClN6O/c18-14-2-1-5-19-16(14)24-7-4-13(12-24)21-17-20-6-3-15(22-17)23-8-10-25-11-9-23/h1-3,5-6,13H,4,7-12H2,(H,20,21,22). The van der Waals surface area contributed by atoms with Gasteiger partial charge in [0, 0.05) is 44.6 Å². The number of aromatic nitrogens is 3. The summed E-state index contributed by atoms with van der Waals surface area (Å²) in [6.45, 7) is 4.97. The molecule has 2 aliphatic heterocycles. The number of rotatable bonds is 4. The van der Waals surface area contributed by atoms with Crippen molar-refractivity contribution >= 4 is 29.2 Å². The van der Waals surface area contributed by atoms with Crippen molar-refractivity contribution in [2.24, 2.45) is 0 Å². The fourth-order valence-corrected chi connectivity index (χ4v) is 3.49. The van der Waals surface area contributed by atoms with E-state index in [2.05, 4.69) is 30.1 Å². The number of nitrogens with one attached hydrogen (secondary N) is 1. The molecule has 0 saturated carbocycles. The van der Waals surface area contributed by atoms with Gasteiger partial charge in [0.25, 0.3) is 0 Å². The van der Waals surface area contributed by atoms with Crippen molar-refractivity contribution in [2.45, 2.75) is 12.5 Å². The lowest BCUT2D eigenvalue weighted by Crippen LogP contribution is -2.37. The van der Waals surface area contributed by atoms with Crippen LogP contribution in [0, 0.1) is 0 Å². The van der Waals surface area contributed by atoms with Crippen molar-refractivity contribution < 1.29 is 4.74 Å². The minimum atomic E-state index is 0.276. The van der Waals surface area contributed by atoms with Gasteiger partial charge in [0.05, 0.1) is 18.2 Å². The SMILES string of the molecule is Clc1cccnc1N1CCC(Nc2nccc(N3CCOCC3)n2)C1. The number of halogens is 1. The molecular weight excluding hydrogens is 340 g/mol. The van der Waals surface area contributed by atoms with Crippen LogP contribution in [0.25, 0.3) is 0 Å². The van der Waals surface area contributed by atoms with Gasteiger partial charge in [-0.3, -0.25) is 0 Å². The Morgan fingerprint density at radius 1 is 1.08 bits per heavy atom. The third-order valence-corrected chi connectivity index (χ3v) is 4.83. The summed E-state index contributed by atoms with van der Waals surface area (Å²) in [5.74, 6) is 2.46. The summed E-state index contributed by atoms with van der Waals surface area (Å²) < 4.78 is 5.40. The average Bonchev–Trinajstić information content (AvgIpc) is 3.11. The summed E-state index contributed by atoms with van der Waals surface area (Å²) in [6.07, 6.45) is 4.58. The van der Waals surface area contributed by atoms with Crippen molar-refractivity contribution in [1.29, 1.82) is 0 Å². The molecule has 4 heterocycles. The molecule has 2 aliphatic rings. The number of pyridine rings is 1. The van der Waals surface area contributed by atoms with Crippen LogP contribution in [0.1, 0.15) is 6.42 Å². The summed E-state index contributed by atoms with van der Waals surface area (Å²) >= 11 is 6.25. The number of ether oxygens (including phenoxy) is 1. The van der Waals surface area contributed by atoms with Crippen LogP contribution < -0.4 is 15.1 Å². The second-order valence-corrected chi connectivity index (χ2v) is 6.63. The molecule has 4 rings (SSSR count). The maximum atomic E-state index is 6.25. The highest BCUT2D eigenvalue weighted by atomic mass is 35.5. The van der Waals surface area contributed by atoms with Crippen LogP contribution in [-0.4, -0.2) is 60.4 Å². The van der Waals surface area contributed by atoms with E-state index in [-0.39, 0.29) is 6.04 Å². The highest BCUT2D eigenvalue weighted by molar-refractivity contribution is 6.32. The lowest BCUT2D eigenvalue weighted by molar-refractivity contribution is 0.122. The van der Waals surface area contributed by atoms with E-state index in [9.17, 15) is 0 Å². The van der Waals surface area contributed by atoms with E-state index < -0.39 is 0 Å². The van der Waals surface area contributed by atoms with Crippen LogP contribution in [0.5, 0.6) is 0 Å². The molecule has 2 saturated heterocycles. The Bertz CT molecular complexity index is 724. The molecule has 2 aromatic heterocycles. The molecule has 132 valence electrons. The summed E-state index contributed by atoms with van der Waals surface area (Å²) in [7, 11) is 0. The molecule has 0 radical (unpaired) electrons. The molecule has 2 aromatic rings. The van der Waals surface area contributed by atoms with E-state index >= 15 is 0 Å². The zero-order valence-electron chi connectivity index (χ0n) is 13.9. The van der Waals surface area contributed by atoms with Crippen LogP contribution in [0.15, 0.2) is 30.6 Å². The fraction of sp³-hybridized carbons (Fsp3) is 0.471. The maximum Gasteiger partial charge on any atom is 0.224 e. The second kappa shape index (κ2) is 7.41. The van der Waals surface area contributed by atoms with Gasteiger partial charge in [0.2, 0.25) is 5.95 Å². The Morgan fingerprint density at radius 2 is 1.96 bits per heavy atom. The van der Waals surface area contributed by atoms with Crippen LogP contribution >= 0.6 is 11.6 Å². The summed E-state index contributed by atoms with van der Waals surface area (Å²) in [5, 5.41) is 4.14. The first-order chi connectivity index (χ1) is 12.3. The molecule has 25 heavy (non-hydrogen) atoms. The largest absolute Gasteiger partial charge is 0.378 e. The van der Waals surface area contributed by atoms with E-state index in [0.717, 1.165) is 57.4 Å². The smallest absolute Gasteiger partial charge is 0.224 e. The Kier molecular flexibility index (Phi) is 4.85. The lowest BCUT2D eigenvalue weighted by atomic mass is 10.3. The Hall–Kier alpha value is -2.12. The molecular formula is C17H21ClN6O. The highest BCUT2D eigenvalue weighted by Crippen LogP contribution is 2.26. The van der Waals surface area contributed by atoms with Gasteiger partial charge in [-0.2, -0.15) is 4.98 Å². The van der Waals surface area contributed by atoms with Gasteiger partial charge >= 0.3 is 0 Å². The van der Waals surface area contributed by atoms with Gasteiger partial charge in [-0.15, -0.1) is 0 Å². The van der Waals surface area contributed by atoms with Crippen LogP contribution in [0.2, 0.25) is 5.02 Å². The van der Waals surface area contributed by atoms with Crippen molar-refractivity contribution in [3.05, 3.63) is 35.6 Å². The summed E-state index contributed by atoms with van der Waals surface area (Å²) in [4.78, 5) is 17.9. The fourth-order valence-electron chi connectivity index (χ4n) is 3.25. The first-order valence-corrected chi connectivity index (χ1v) is 8.95. The second-order valence-electron chi connectivity index (χ2n) is 6.22. The Morgan fingerprint density at radius 3 is 2.80 bits per heavy atom. The van der Waals surface area contributed by atoms with E-state index in [1.165, 1.54) is 0 Å². The quantitative estimate of drug-likeness (QED) is 0.895. The van der Waals surface area contributed by atoms with Gasteiger partial charge in [-0.1, -0.05) is 11.6 Å². The number of hydrogen-bond acceptors (Lipinski definition) is 7. The van der Waals surface area contributed by atoms with Gasteiger partial charge in [0.15, 0.2) is 0 Å². The number of anilines is 3. The van der Waals surface area contributed by atoms with E-state index in [1.54, 1.807) is 6.20 Å². The normalized spacial score (nSPS) is 20.8. The van der Waals surface area contributed by atoms with Gasteiger partial charge in [-0.25, -0.2) is 9.97 Å². The number of hydrogen-bond donors (Lipinski definition) is 1. The van der Waals surface area contributed by atoms with Crippen LogP contribution in [0.3, 0.4) is 0 Å². The van der Waals surface area contributed by atoms with E-state index in [4.69, 9.17) is 16.3 Å². The monoisotopic (exact) mass is 360 g/mol. The lowest BCUT2D eigenvalue weighted by Gasteiger charge is -2.28. The van der Waals surface area contributed by atoms with Crippen LogP contribution in [0.4, 0.5) is 17.6 Å². The first kappa shape index (κ1) is 16.4. The minimum absolute atomic E-state index is 0.276. The van der Waals surface area contributed by atoms with Gasteiger partial charge < -0.3 is 19.9 Å². The van der Waals surface area contributed by atoms with E-state index in [1.807, 2.05) is 24.4 Å². The molecule has 1 unspecified atom stereocenters. The third-order valence-electron chi connectivity index (χ3n) is 4.54. The molecule has 0 aromatic carbocycles. The molecule has 1 atom stereocenters. The van der Waals surface area contributed by atoms with Crippen LogP contribution in [-0.2, 0) is 4.74 Å². The molecule has 8 heteroatoms. The highest BCUT2D eigenvalue weighted by Gasteiger charge is 2.25. The third kappa shape index (κ3) is 3.77. The predicted molar refractivity (Wildman–Crippen MR) is 98.6 cm³/mol. The Balaban J connectivity index is 1.40. The zero-order chi connectivity index (χ0) is 17.1. The summed E-state index contributed by atoms with van der Waals surface area (Å²) in [5.41, 5.74) is 0. The van der Waals surface area contributed by atoms with E-state index in [0.29, 0.717) is 11.0 Å². The molecule has 0 spiro atoms. The van der Waals surface area contributed by atoms with Crippen molar-refractivity contribution in [1.82, 2.24) is 15.0 Å². The molecule has 2 fully saturated rings. The Labute approximate surface area is 152 Å². The summed E-state index contributed by atoms with van der Waals surface area (Å²) in [6, 6.07) is 5.95. The van der Waals surface area contributed by atoms with Gasteiger partial charge in [-0.05, 0) is 24.6 Å². The van der Waals surface area contributed by atoms with Crippen molar-refractivity contribution in [3.8, 4) is 0 Å². The first-order valence-electron chi connectivity index (χ1n) is 8.57. The molecule has 0 bridgehead atoms. The topological polar surface area (TPSA) is 66.4 Å². The average molecular weight is 361 g/mol. The molecule has 0 amide bonds.